The molecule has 1 aliphatic rings. The monoisotopic (exact) mass is 342 g/mol. The van der Waals surface area contributed by atoms with Crippen molar-refractivity contribution in [2.75, 3.05) is 13.1 Å². The van der Waals surface area contributed by atoms with Crippen molar-refractivity contribution >= 4 is 17.2 Å². The van der Waals surface area contributed by atoms with E-state index in [1.807, 2.05) is 41.0 Å². The van der Waals surface area contributed by atoms with Gasteiger partial charge in [0.15, 0.2) is 10.8 Å². The third kappa shape index (κ3) is 2.87. The summed E-state index contributed by atoms with van der Waals surface area (Å²) < 4.78 is 7.33. The van der Waals surface area contributed by atoms with Crippen LogP contribution in [0.1, 0.15) is 34.1 Å². The SMILES string of the molecule is Cc1cnn(C2CCCN(C(=O)c3cnc(-c4ccco4)s3)C2)c1. The Kier molecular flexibility index (Phi) is 3.93. The Morgan fingerprint density at radius 1 is 1.42 bits per heavy atom. The highest BCUT2D eigenvalue weighted by molar-refractivity contribution is 7.16. The maximum atomic E-state index is 12.8. The number of thiazole rings is 1. The average molecular weight is 342 g/mol. The number of aromatic nitrogens is 3. The van der Waals surface area contributed by atoms with Gasteiger partial charge in [-0.05, 0) is 37.5 Å². The Hall–Kier alpha value is -2.41. The van der Waals surface area contributed by atoms with E-state index >= 15 is 0 Å². The number of furan rings is 1. The molecule has 0 N–H and O–H groups in total. The molecule has 24 heavy (non-hydrogen) atoms. The molecular formula is C17H18N4O2S. The zero-order chi connectivity index (χ0) is 16.5. The molecular weight excluding hydrogens is 324 g/mol. The largest absolute Gasteiger partial charge is 0.462 e. The number of piperidine rings is 1. The molecule has 0 bridgehead atoms. The van der Waals surface area contributed by atoms with E-state index in [1.165, 1.54) is 11.3 Å². The lowest BCUT2D eigenvalue weighted by Gasteiger charge is -2.32. The van der Waals surface area contributed by atoms with Crippen molar-refractivity contribution in [3.63, 3.8) is 0 Å². The number of aryl methyl sites for hydroxylation is 1. The first-order valence-corrected chi connectivity index (χ1v) is 8.82. The first kappa shape index (κ1) is 15.1. The summed E-state index contributed by atoms with van der Waals surface area (Å²) in [6, 6.07) is 3.91. The van der Waals surface area contributed by atoms with E-state index in [1.54, 1.807) is 12.5 Å². The van der Waals surface area contributed by atoms with Crippen LogP contribution in [0.3, 0.4) is 0 Å². The molecule has 1 aliphatic heterocycles. The molecule has 0 radical (unpaired) electrons. The standard InChI is InChI=1S/C17H18N4O2S/c1-12-8-19-21(10-12)13-4-2-6-20(11-13)17(22)15-9-18-16(24-15)14-5-3-7-23-14/h3,5,7-10,13H,2,4,6,11H2,1H3. The summed E-state index contributed by atoms with van der Waals surface area (Å²) in [5.41, 5.74) is 1.14. The van der Waals surface area contributed by atoms with Gasteiger partial charge in [0, 0.05) is 19.3 Å². The van der Waals surface area contributed by atoms with Crippen LogP contribution in [0.5, 0.6) is 0 Å². The van der Waals surface area contributed by atoms with Gasteiger partial charge in [-0.1, -0.05) is 0 Å². The van der Waals surface area contributed by atoms with Crippen LogP contribution < -0.4 is 0 Å². The van der Waals surface area contributed by atoms with E-state index in [0.29, 0.717) is 17.2 Å². The zero-order valence-electron chi connectivity index (χ0n) is 13.4. The van der Waals surface area contributed by atoms with Crippen LogP contribution in [-0.2, 0) is 0 Å². The highest BCUT2D eigenvalue weighted by Crippen LogP contribution is 2.28. The number of hydrogen-bond donors (Lipinski definition) is 0. The smallest absolute Gasteiger partial charge is 0.265 e. The minimum Gasteiger partial charge on any atom is -0.462 e. The van der Waals surface area contributed by atoms with Crippen LogP contribution in [-0.4, -0.2) is 38.7 Å². The molecule has 0 aliphatic carbocycles. The Bertz CT molecular complexity index is 837. The topological polar surface area (TPSA) is 64.2 Å². The molecule has 3 aromatic heterocycles. The minimum atomic E-state index is 0.0406. The fourth-order valence-electron chi connectivity index (χ4n) is 3.03. The van der Waals surface area contributed by atoms with Gasteiger partial charge in [-0.15, -0.1) is 11.3 Å². The van der Waals surface area contributed by atoms with Crippen LogP contribution in [0.15, 0.2) is 41.4 Å². The predicted molar refractivity (Wildman–Crippen MR) is 91.0 cm³/mol. The number of hydrogen-bond acceptors (Lipinski definition) is 5. The van der Waals surface area contributed by atoms with E-state index in [-0.39, 0.29) is 11.9 Å². The predicted octanol–water partition coefficient (Wildman–Crippen LogP) is 3.39. The lowest BCUT2D eigenvalue weighted by Crippen LogP contribution is -2.40. The maximum Gasteiger partial charge on any atom is 0.265 e. The van der Waals surface area contributed by atoms with Crippen molar-refractivity contribution in [1.29, 1.82) is 0 Å². The molecule has 0 saturated carbocycles. The van der Waals surface area contributed by atoms with Crippen LogP contribution >= 0.6 is 11.3 Å². The van der Waals surface area contributed by atoms with E-state index in [4.69, 9.17) is 4.42 Å². The number of nitrogens with zero attached hydrogens (tertiary/aromatic N) is 4. The van der Waals surface area contributed by atoms with Gasteiger partial charge >= 0.3 is 0 Å². The van der Waals surface area contributed by atoms with Gasteiger partial charge in [0.05, 0.1) is 24.7 Å². The second-order valence-corrected chi connectivity index (χ2v) is 7.08. The van der Waals surface area contributed by atoms with Crippen LogP contribution in [0.25, 0.3) is 10.8 Å². The van der Waals surface area contributed by atoms with Crippen molar-refractivity contribution in [2.45, 2.75) is 25.8 Å². The van der Waals surface area contributed by atoms with Crippen molar-refractivity contribution < 1.29 is 9.21 Å². The molecule has 1 unspecified atom stereocenters. The minimum absolute atomic E-state index is 0.0406. The van der Waals surface area contributed by atoms with E-state index < -0.39 is 0 Å². The highest BCUT2D eigenvalue weighted by Gasteiger charge is 2.27. The van der Waals surface area contributed by atoms with Crippen LogP contribution in [0.2, 0.25) is 0 Å². The van der Waals surface area contributed by atoms with Gasteiger partial charge in [-0.2, -0.15) is 5.10 Å². The molecule has 1 atom stereocenters. The van der Waals surface area contributed by atoms with Gasteiger partial charge in [0.2, 0.25) is 0 Å². The molecule has 1 amide bonds. The zero-order valence-corrected chi connectivity index (χ0v) is 14.2. The summed E-state index contributed by atoms with van der Waals surface area (Å²) in [4.78, 5) is 19.7. The molecule has 4 heterocycles. The normalized spacial score (nSPS) is 18.0. The van der Waals surface area contributed by atoms with Crippen molar-refractivity contribution in [3.8, 4) is 10.8 Å². The van der Waals surface area contributed by atoms with E-state index in [9.17, 15) is 4.79 Å². The molecule has 124 valence electrons. The number of carbonyl (C=O) groups excluding carboxylic acids is 1. The molecule has 0 aromatic carbocycles. The van der Waals surface area contributed by atoms with Gasteiger partial charge < -0.3 is 9.32 Å². The van der Waals surface area contributed by atoms with E-state index in [2.05, 4.69) is 10.1 Å². The summed E-state index contributed by atoms with van der Waals surface area (Å²) >= 11 is 1.38. The maximum absolute atomic E-state index is 12.8. The Morgan fingerprint density at radius 3 is 3.08 bits per heavy atom. The summed E-state index contributed by atoms with van der Waals surface area (Å²) in [7, 11) is 0. The van der Waals surface area contributed by atoms with Gasteiger partial charge in [-0.25, -0.2) is 4.98 Å². The highest BCUT2D eigenvalue weighted by atomic mass is 32.1. The quantitative estimate of drug-likeness (QED) is 0.732. The fraction of sp³-hybridized carbons (Fsp3) is 0.353. The third-order valence-corrected chi connectivity index (χ3v) is 5.24. The summed E-state index contributed by atoms with van der Waals surface area (Å²) in [5, 5.41) is 5.14. The summed E-state index contributed by atoms with van der Waals surface area (Å²) in [6.07, 6.45) is 9.19. The van der Waals surface area contributed by atoms with Crippen molar-refractivity contribution in [3.05, 3.63) is 47.4 Å². The Balaban J connectivity index is 1.50. The summed E-state index contributed by atoms with van der Waals surface area (Å²) in [5.74, 6) is 0.737. The number of carbonyl (C=O) groups is 1. The second kappa shape index (κ2) is 6.24. The lowest BCUT2D eigenvalue weighted by molar-refractivity contribution is 0.0677. The second-order valence-electron chi connectivity index (χ2n) is 6.05. The third-order valence-electron chi connectivity index (χ3n) is 4.24. The first-order chi connectivity index (χ1) is 11.7. The van der Waals surface area contributed by atoms with Crippen LogP contribution in [0.4, 0.5) is 0 Å². The van der Waals surface area contributed by atoms with Gasteiger partial charge in [0.25, 0.3) is 5.91 Å². The molecule has 7 heteroatoms. The molecule has 4 rings (SSSR count). The van der Waals surface area contributed by atoms with E-state index in [0.717, 1.165) is 30.0 Å². The Labute approximate surface area is 143 Å². The average Bonchev–Trinajstić information content (AvgIpc) is 3.34. The van der Waals surface area contributed by atoms with Gasteiger partial charge in [0.1, 0.15) is 4.88 Å². The lowest BCUT2D eigenvalue weighted by atomic mass is 10.1. The van der Waals surface area contributed by atoms with Crippen LogP contribution in [0, 0.1) is 6.92 Å². The van der Waals surface area contributed by atoms with Crippen molar-refractivity contribution in [1.82, 2.24) is 19.7 Å². The number of rotatable bonds is 3. The van der Waals surface area contributed by atoms with Crippen molar-refractivity contribution in [2.24, 2.45) is 0 Å². The first-order valence-electron chi connectivity index (χ1n) is 8.00. The number of amides is 1. The molecule has 1 saturated heterocycles. The summed E-state index contributed by atoms with van der Waals surface area (Å²) in [6.45, 7) is 3.50. The Morgan fingerprint density at radius 2 is 2.33 bits per heavy atom. The van der Waals surface area contributed by atoms with Gasteiger partial charge in [-0.3, -0.25) is 9.48 Å². The molecule has 3 aromatic rings. The molecule has 0 spiro atoms. The number of likely N-dealkylation sites (tertiary alicyclic amines) is 1. The molecule has 1 fully saturated rings. The fourth-order valence-corrected chi connectivity index (χ4v) is 3.88. The molecule has 6 nitrogen and oxygen atoms in total.